The second kappa shape index (κ2) is 8.24. The lowest BCUT2D eigenvalue weighted by Gasteiger charge is -2.42. The molecule has 0 amide bonds. The fourth-order valence-corrected chi connectivity index (χ4v) is 6.89. The Morgan fingerprint density at radius 1 is 0.625 bits per heavy atom. The van der Waals surface area contributed by atoms with Crippen LogP contribution in [0.25, 0.3) is 38.3 Å². The molecule has 0 atom stereocenters. The molecule has 2 aliphatic rings. The van der Waals surface area contributed by atoms with Crippen LogP contribution in [-0.4, -0.2) is 22.9 Å². The summed E-state index contributed by atoms with van der Waals surface area (Å²) in [6.45, 7) is 18.1. The summed E-state index contributed by atoms with van der Waals surface area (Å²) in [5, 5.41) is 5.16. The molecule has 2 heterocycles. The van der Waals surface area contributed by atoms with Crippen molar-refractivity contribution in [3.63, 3.8) is 0 Å². The van der Waals surface area contributed by atoms with Crippen molar-refractivity contribution in [1.29, 1.82) is 0 Å². The Balaban J connectivity index is 1.54. The summed E-state index contributed by atoms with van der Waals surface area (Å²) in [4.78, 5) is 0. The van der Waals surface area contributed by atoms with E-state index in [-0.39, 0.29) is 22.0 Å². The number of fused-ring (bicyclic) bond motifs is 6. The van der Waals surface area contributed by atoms with Crippen molar-refractivity contribution in [1.82, 2.24) is 4.57 Å². The minimum absolute atomic E-state index is 0.132. The molecule has 4 heteroatoms. The Morgan fingerprint density at radius 2 is 1.27 bits per heavy atom. The summed E-state index contributed by atoms with van der Waals surface area (Å²) < 4.78 is 15.4. The Hall–Kier alpha value is -3.08. The molecule has 204 valence electrons. The van der Waals surface area contributed by atoms with E-state index in [0.29, 0.717) is 0 Å². The van der Waals surface area contributed by atoms with Crippen LogP contribution in [0.3, 0.4) is 0 Å². The van der Waals surface area contributed by atoms with Crippen molar-refractivity contribution < 1.29 is 9.31 Å². The van der Waals surface area contributed by atoms with Gasteiger partial charge in [0.25, 0.3) is 0 Å². The third-order valence-corrected chi connectivity index (χ3v) is 10.3. The van der Waals surface area contributed by atoms with Crippen molar-refractivity contribution in [2.75, 3.05) is 0 Å². The van der Waals surface area contributed by atoms with E-state index in [1.165, 1.54) is 56.5 Å². The van der Waals surface area contributed by atoms with Crippen molar-refractivity contribution in [3.05, 3.63) is 83.9 Å². The quantitative estimate of drug-likeness (QED) is 0.214. The standard InChI is InChI=1S/C36H40BNO2/c1-33(2)18-19-34(3,4)30-22-31-28(21-29(30)33)27-17-16-23-12-9-10-15-26(23)32(27)38(31)25-14-11-13-24(20-25)37-39-35(5,6)36(7,8)40-37/h9-17,20-22H,18-19H2,1-8H3. The zero-order chi connectivity index (χ0) is 28.2. The van der Waals surface area contributed by atoms with Gasteiger partial charge in [0.2, 0.25) is 0 Å². The van der Waals surface area contributed by atoms with Gasteiger partial charge in [-0.3, -0.25) is 0 Å². The minimum atomic E-state index is -0.401. The molecule has 3 nitrogen and oxygen atoms in total. The van der Waals surface area contributed by atoms with Gasteiger partial charge in [0.05, 0.1) is 22.2 Å². The lowest BCUT2D eigenvalue weighted by atomic mass is 9.63. The molecule has 0 saturated carbocycles. The number of aromatic nitrogens is 1. The second-order valence-electron chi connectivity index (χ2n) is 14.4. The first kappa shape index (κ1) is 25.9. The highest BCUT2D eigenvalue weighted by atomic mass is 16.7. The van der Waals surface area contributed by atoms with E-state index in [4.69, 9.17) is 9.31 Å². The molecular formula is C36H40BNO2. The lowest BCUT2D eigenvalue weighted by molar-refractivity contribution is 0.00578. The number of nitrogens with zero attached hydrogens (tertiary/aromatic N) is 1. The third kappa shape index (κ3) is 3.65. The van der Waals surface area contributed by atoms with Crippen molar-refractivity contribution in [2.45, 2.75) is 90.3 Å². The SMILES string of the molecule is CC1(C)CCC(C)(C)c2cc3c(cc21)c1ccc2ccccc2c1n3-c1cccc(B2OC(C)(C)C(C)(C)O2)c1. The normalized spacial score (nSPS) is 20.9. The second-order valence-corrected chi connectivity index (χ2v) is 14.4. The Morgan fingerprint density at radius 3 is 1.98 bits per heavy atom. The third-order valence-electron chi connectivity index (χ3n) is 10.3. The predicted molar refractivity (Wildman–Crippen MR) is 169 cm³/mol. The van der Waals surface area contributed by atoms with E-state index >= 15 is 0 Å². The molecule has 7 rings (SSSR count). The maximum atomic E-state index is 6.46. The first-order valence-electron chi connectivity index (χ1n) is 14.8. The van der Waals surface area contributed by atoms with Gasteiger partial charge in [-0.15, -0.1) is 0 Å². The average Bonchev–Trinajstić information content (AvgIpc) is 3.35. The maximum Gasteiger partial charge on any atom is 0.494 e. The van der Waals surface area contributed by atoms with Gasteiger partial charge in [-0.1, -0.05) is 76.2 Å². The van der Waals surface area contributed by atoms with E-state index in [2.05, 4.69) is 133 Å². The van der Waals surface area contributed by atoms with E-state index in [0.717, 1.165) is 11.2 Å². The number of hydrogen-bond acceptors (Lipinski definition) is 2. The van der Waals surface area contributed by atoms with Crippen LogP contribution >= 0.6 is 0 Å². The van der Waals surface area contributed by atoms with Gasteiger partial charge in [0.1, 0.15) is 0 Å². The number of rotatable bonds is 2. The molecule has 40 heavy (non-hydrogen) atoms. The fraction of sp³-hybridized carbons (Fsp3) is 0.389. The smallest absolute Gasteiger partial charge is 0.399 e. The Labute approximate surface area is 238 Å². The van der Waals surface area contributed by atoms with Gasteiger partial charge in [-0.2, -0.15) is 0 Å². The van der Waals surface area contributed by atoms with Crippen LogP contribution in [0.15, 0.2) is 72.8 Å². The molecule has 1 aromatic heterocycles. The predicted octanol–water partition coefficient (Wildman–Crippen LogP) is 8.59. The van der Waals surface area contributed by atoms with Crippen LogP contribution in [0, 0.1) is 0 Å². The van der Waals surface area contributed by atoms with Crippen LogP contribution in [0.1, 0.15) is 79.4 Å². The largest absolute Gasteiger partial charge is 0.494 e. The Bertz CT molecular complexity index is 1810. The van der Waals surface area contributed by atoms with Gasteiger partial charge >= 0.3 is 7.12 Å². The lowest BCUT2D eigenvalue weighted by Crippen LogP contribution is -2.41. The summed E-state index contributed by atoms with van der Waals surface area (Å²) in [6, 6.07) is 27.1. The summed E-state index contributed by atoms with van der Waals surface area (Å²) in [5.74, 6) is 0. The van der Waals surface area contributed by atoms with Crippen LogP contribution in [-0.2, 0) is 20.1 Å². The van der Waals surface area contributed by atoms with Crippen LogP contribution in [0.5, 0.6) is 0 Å². The number of benzene rings is 4. The van der Waals surface area contributed by atoms with E-state index in [9.17, 15) is 0 Å². The molecule has 0 N–H and O–H groups in total. The summed E-state index contributed by atoms with van der Waals surface area (Å²) >= 11 is 0. The molecule has 5 aromatic rings. The molecule has 0 unspecified atom stereocenters. The fourth-order valence-electron chi connectivity index (χ4n) is 6.89. The zero-order valence-corrected chi connectivity index (χ0v) is 25.2. The van der Waals surface area contributed by atoms with E-state index in [1.807, 2.05) is 0 Å². The number of hydrogen-bond donors (Lipinski definition) is 0. The van der Waals surface area contributed by atoms with Gasteiger partial charge in [-0.05, 0) is 97.6 Å². The van der Waals surface area contributed by atoms with Crippen molar-refractivity contribution in [2.24, 2.45) is 0 Å². The van der Waals surface area contributed by atoms with Gasteiger partial charge in [-0.25, -0.2) is 0 Å². The molecule has 4 aromatic carbocycles. The molecule has 1 aliphatic heterocycles. The highest BCUT2D eigenvalue weighted by Crippen LogP contribution is 2.49. The molecule has 0 spiro atoms. The zero-order valence-electron chi connectivity index (χ0n) is 25.2. The van der Waals surface area contributed by atoms with Crippen LogP contribution < -0.4 is 5.46 Å². The van der Waals surface area contributed by atoms with Crippen LogP contribution in [0.4, 0.5) is 0 Å². The monoisotopic (exact) mass is 529 g/mol. The summed E-state index contributed by atoms with van der Waals surface area (Å²) in [7, 11) is -0.401. The van der Waals surface area contributed by atoms with Gasteiger partial charge < -0.3 is 13.9 Å². The maximum absolute atomic E-state index is 6.46. The van der Waals surface area contributed by atoms with Crippen LogP contribution in [0.2, 0.25) is 0 Å². The van der Waals surface area contributed by atoms with Crippen molar-refractivity contribution >= 4 is 45.2 Å². The average molecular weight is 530 g/mol. The molecule has 1 saturated heterocycles. The molecule has 1 fully saturated rings. The van der Waals surface area contributed by atoms with Gasteiger partial charge in [0.15, 0.2) is 0 Å². The first-order valence-corrected chi connectivity index (χ1v) is 14.8. The first-order chi connectivity index (χ1) is 18.8. The summed E-state index contributed by atoms with van der Waals surface area (Å²) in [5.41, 5.74) is 7.21. The molecular weight excluding hydrogens is 489 g/mol. The minimum Gasteiger partial charge on any atom is -0.399 e. The highest BCUT2D eigenvalue weighted by molar-refractivity contribution is 6.62. The summed E-state index contributed by atoms with van der Waals surface area (Å²) in [6.07, 6.45) is 2.40. The Kier molecular flexibility index (Phi) is 5.33. The highest BCUT2D eigenvalue weighted by Gasteiger charge is 2.51. The van der Waals surface area contributed by atoms with Crippen molar-refractivity contribution in [3.8, 4) is 5.69 Å². The van der Waals surface area contributed by atoms with E-state index in [1.54, 1.807) is 0 Å². The van der Waals surface area contributed by atoms with Gasteiger partial charge in [0, 0.05) is 21.8 Å². The van der Waals surface area contributed by atoms with E-state index < -0.39 is 7.12 Å². The molecule has 0 bridgehead atoms. The molecule has 0 radical (unpaired) electrons. The molecule has 1 aliphatic carbocycles. The topological polar surface area (TPSA) is 23.4 Å².